The summed E-state index contributed by atoms with van der Waals surface area (Å²) in [5, 5.41) is 24.8. The smallest absolute Gasteiger partial charge is 0.257 e. The maximum Gasteiger partial charge on any atom is 0.257 e. The van der Waals surface area contributed by atoms with E-state index >= 15 is 0 Å². The number of aliphatic hydroxyl groups is 1. The van der Waals surface area contributed by atoms with E-state index in [2.05, 4.69) is 20.8 Å². The largest absolute Gasteiger partial charge is 0.396 e. The Hall–Kier alpha value is -2.94. The van der Waals surface area contributed by atoms with Crippen molar-refractivity contribution >= 4 is 18.0 Å². The highest BCUT2D eigenvalue weighted by molar-refractivity contribution is 5.97. The predicted molar refractivity (Wildman–Crippen MR) is 127 cm³/mol. The van der Waals surface area contributed by atoms with Crippen molar-refractivity contribution in [2.24, 2.45) is 28.6 Å². The molecule has 4 fully saturated rings. The minimum atomic E-state index is -0.743. The van der Waals surface area contributed by atoms with E-state index in [0.717, 1.165) is 32.1 Å². The number of hydrogen-bond acceptors (Lipinski definition) is 5. The van der Waals surface area contributed by atoms with Gasteiger partial charge in [0.1, 0.15) is 5.56 Å². The summed E-state index contributed by atoms with van der Waals surface area (Å²) < 4.78 is 3.21. The van der Waals surface area contributed by atoms with Gasteiger partial charge in [-0.3, -0.25) is 9.59 Å². The molecule has 182 valence electrons. The van der Waals surface area contributed by atoms with Crippen LogP contribution in [0.15, 0.2) is 30.7 Å². The standard InChI is InChI=1S/C25H34N6O3/c1-24(2,23(34)26-3)5-8-31-22(30-7-4-6-27-30)19(14-28-31)21(33)29-20-17-9-16-10-18(20)13-25(11-16,12-17)15-32/h4-8,14,16-18,20,32H,9-13,15H2,1-3H3,(H,26,34)(H,29,33). The zero-order chi connectivity index (χ0) is 24.1. The Morgan fingerprint density at radius 2 is 1.97 bits per heavy atom. The first-order chi connectivity index (χ1) is 16.2. The van der Waals surface area contributed by atoms with E-state index < -0.39 is 5.41 Å². The molecule has 0 aliphatic heterocycles. The Labute approximate surface area is 199 Å². The predicted octanol–water partition coefficient (Wildman–Crippen LogP) is 2.23. The number of aromatic nitrogens is 4. The number of hydrogen-bond donors (Lipinski definition) is 3. The van der Waals surface area contributed by atoms with Gasteiger partial charge in [0.05, 0.1) is 11.6 Å². The molecule has 2 atom stereocenters. The van der Waals surface area contributed by atoms with Gasteiger partial charge in [-0.2, -0.15) is 10.2 Å². The highest BCUT2D eigenvalue weighted by atomic mass is 16.3. The first kappa shape index (κ1) is 22.8. The van der Waals surface area contributed by atoms with Crippen molar-refractivity contribution in [2.45, 2.75) is 52.0 Å². The zero-order valence-electron chi connectivity index (χ0n) is 20.1. The molecule has 34 heavy (non-hydrogen) atoms. The number of rotatable bonds is 7. The molecular formula is C25H34N6O3. The average Bonchev–Trinajstić information content (AvgIpc) is 3.48. The van der Waals surface area contributed by atoms with Crippen LogP contribution < -0.4 is 10.6 Å². The lowest BCUT2D eigenvalue weighted by Crippen LogP contribution is -2.60. The van der Waals surface area contributed by atoms with Gasteiger partial charge in [-0.15, -0.1) is 0 Å². The first-order valence-electron chi connectivity index (χ1n) is 12.2. The van der Waals surface area contributed by atoms with E-state index in [1.807, 2.05) is 13.8 Å². The van der Waals surface area contributed by atoms with Crippen LogP contribution >= 0.6 is 0 Å². The van der Waals surface area contributed by atoms with Crippen LogP contribution in [0.1, 0.15) is 56.3 Å². The number of amides is 2. The Morgan fingerprint density at radius 1 is 1.24 bits per heavy atom. The van der Waals surface area contributed by atoms with Crippen molar-refractivity contribution in [3.8, 4) is 5.82 Å². The Bertz CT molecular complexity index is 1090. The second kappa shape index (κ2) is 8.37. The summed E-state index contributed by atoms with van der Waals surface area (Å²) in [5.74, 6) is 1.76. The molecule has 2 amide bonds. The van der Waals surface area contributed by atoms with Crippen LogP contribution in [0.3, 0.4) is 0 Å². The lowest BCUT2D eigenvalue weighted by molar-refractivity contribution is -0.126. The summed E-state index contributed by atoms with van der Waals surface area (Å²) in [6, 6.07) is 1.92. The average molecular weight is 467 g/mol. The molecule has 0 radical (unpaired) electrons. The fraction of sp³-hybridized carbons (Fsp3) is 0.600. The van der Waals surface area contributed by atoms with Crippen LogP contribution in [0.2, 0.25) is 0 Å². The van der Waals surface area contributed by atoms with Gasteiger partial charge in [0.2, 0.25) is 5.91 Å². The van der Waals surface area contributed by atoms with Crippen molar-refractivity contribution in [1.29, 1.82) is 0 Å². The quantitative estimate of drug-likeness (QED) is 0.579. The molecule has 2 unspecified atom stereocenters. The molecule has 2 aromatic rings. The van der Waals surface area contributed by atoms with E-state index in [-0.39, 0.29) is 29.9 Å². The van der Waals surface area contributed by atoms with Gasteiger partial charge in [-0.25, -0.2) is 9.36 Å². The second-order valence-corrected chi connectivity index (χ2v) is 11.0. The van der Waals surface area contributed by atoms with Gasteiger partial charge >= 0.3 is 0 Å². The van der Waals surface area contributed by atoms with Gasteiger partial charge in [0.25, 0.3) is 5.91 Å². The molecule has 9 heteroatoms. The molecule has 0 aromatic carbocycles. The van der Waals surface area contributed by atoms with Crippen molar-refractivity contribution in [1.82, 2.24) is 30.2 Å². The molecule has 0 spiro atoms. The van der Waals surface area contributed by atoms with Crippen LogP contribution in [0.5, 0.6) is 0 Å². The highest BCUT2D eigenvalue weighted by Crippen LogP contribution is 2.59. The molecule has 4 aliphatic rings. The van der Waals surface area contributed by atoms with E-state index in [1.54, 1.807) is 53.3 Å². The van der Waals surface area contributed by atoms with Crippen molar-refractivity contribution in [3.05, 3.63) is 36.3 Å². The van der Waals surface area contributed by atoms with Crippen LogP contribution in [0.25, 0.3) is 12.0 Å². The van der Waals surface area contributed by atoms with Gasteiger partial charge in [-0.05, 0) is 75.2 Å². The highest BCUT2D eigenvalue weighted by Gasteiger charge is 2.55. The fourth-order valence-electron chi connectivity index (χ4n) is 6.75. The summed E-state index contributed by atoms with van der Waals surface area (Å²) >= 11 is 0. The third-order valence-electron chi connectivity index (χ3n) is 8.21. The molecule has 4 saturated carbocycles. The Kier molecular flexibility index (Phi) is 5.62. The lowest BCUT2D eigenvalue weighted by atomic mass is 9.48. The third-order valence-corrected chi connectivity index (χ3v) is 8.21. The monoisotopic (exact) mass is 466 g/mol. The Balaban J connectivity index is 1.41. The van der Waals surface area contributed by atoms with E-state index in [9.17, 15) is 14.7 Å². The summed E-state index contributed by atoms with van der Waals surface area (Å²) in [7, 11) is 1.61. The Morgan fingerprint density at radius 3 is 2.59 bits per heavy atom. The summed E-state index contributed by atoms with van der Waals surface area (Å²) in [6.07, 6.45) is 13.8. The molecule has 0 saturated heterocycles. The number of carbonyl (C=O) groups excluding carboxylic acids is 2. The molecule has 2 aromatic heterocycles. The third kappa shape index (κ3) is 3.85. The van der Waals surface area contributed by atoms with Gasteiger partial charge < -0.3 is 15.7 Å². The van der Waals surface area contributed by atoms with Gasteiger partial charge in [0, 0.05) is 38.3 Å². The maximum atomic E-state index is 13.5. The molecule has 3 N–H and O–H groups in total. The van der Waals surface area contributed by atoms with Crippen molar-refractivity contribution < 1.29 is 14.7 Å². The summed E-state index contributed by atoms with van der Waals surface area (Å²) in [4.78, 5) is 25.7. The van der Waals surface area contributed by atoms with Crippen LogP contribution in [0, 0.1) is 28.6 Å². The van der Waals surface area contributed by atoms with Crippen LogP contribution in [0.4, 0.5) is 0 Å². The maximum absolute atomic E-state index is 13.5. The number of aliphatic hydroxyl groups excluding tert-OH is 1. The topological polar surface area (TPSA) is 114 Å². The first-order valence-corrected chi connectivity index (χ1v) is 12.2. The molecule has 4 bridgehead atoms. The van der Waals surface area contributed by atoms with E-state index in [4.69, 9.17) is 0 Å². The minimum absolute atomic E-state index is 0.0607. The van der Waals surface area contributed by atoms with Crippen molar-refractivity contribution in [3.63, 3.8) is 0 Å². The molecular weight excluding hydrogens is 432 g/mol. The number of nitrogens with zero attached hydrogens (tertiary/aromatic N) is 4. The summed E-state index contributed by atoms with van der Waals surface area (Å²) in [6.45, 7) is 3.89. The molecule has 4 aliphatic carbocycles. The zero-order valence-corrected chi connectivity index (χ0v) is 20.1. The van der Waals surface area contributed by atoms with Gasteiger partial charge in [0.15, 0.2) is 5.82 Å². The molecule has 2 heterocycles. The SMILES string of the molecule is CNC(=O)C(C)(C)C=Cn1ncc(C(=O)NC2C3CC4CC2CC(CO)(C4)C3)c1-n1cccn1. The van der Waals surface area contributed by atoms with Gasteiger partial charge in [-0.1, -0.05) is 6.08 Å². The molecule has 6 rings (SSSR count). The lowest BCUT2D eigenvalue weighted by Gasteiger charge is -2.59. The van der Waals surface area contributed by atoms with Crippen molar-refractivity contribution in [2.75, 3.05) is 13.7 Å². The second-order valence-electron chi connectivity index (χ2n) is 11.0. The number of carbonyl (C=O) groups is 2. The minimum Gasteiger partial charge on any atom is -0.396 e. The van der Waals surface area contributed by atoms with E-state index in [0.29, 0.717) is 29.1 Å². The van der Waals surface area contributed by atoms with Crippen LogP contribution in [-0.4, -0.2) is 56.2 Å². The number of nitrogens with one attached hydrogen (secondary N) is 2. The van der Waals surface area contributed by atoms with Crippen LogP contribution in [-0.2, 0) is 4.79 Å². The summed E-state index contributed by atoms with van der Waals surface area (Å²) in [5.41, 5.74) is -0.240. The van der Waals surface area contributed by atoms with E-state index in [1.165, 1.54) is 0 Å². The normalized spacial score (nSPS) is 30.1. The molecule has 9 nitrogen and oxygen atoms in total. The fourth-order valence-corrected chi connectivity index (χ4v) is 6.75.